The van der Waals surface area contributed by atoms with Gasteiger partial charge < -0.3 is 0 Å². The summed E-state index contributed by atoms with van der Waals surface area (Å²) in [5.41, 5.74) is 4.36. The Morgan fingerprint density at radius 2 is 1.80 bits per heavy atom. The zero-order chi connectivity index (χ0) is 18.9. The SMILES string of the molecule is C=CC(C)(CC(CCC=C(C)CC)C(=C)C)CC(C)c1ccccc1. The van der Waals surface area contributed by atoms with Gasteiger partial charge >= 0.3 is 0 Å². The second kappa shape index (κ2) is 10.4. The maximum absolute atomic E-state index is 4.27. The zero-order valence-corrected chi connectivity index (χ0v) is 17.1. The summed E-state index contributed by atoms with van der Waals surface area (Å²) in [4.78, 5) is 0. The maximum atomic E-state index is 4.27. The van der Waals surface area contributed by atoms with E-state index in [2.05, 4.69) is 90.3 Å². The Balaban J connectivity index is 2.77. The number of rotatable bonds is 11. The minimum absolute atomic E-state index is 0.141. The van der Waals surface area contributed by atoms with E-state index in [9.17, 15) is 0 Å². The van der Waals surface area contributed by atoms with E-state index in [-0.39, 0.29) is 5.41 Å². The van der Waals surface area contributed by atoms with E-state index in [4.69, 9.17) is 0 Å². The first-order valence-corrected chi connectivity index (χ1v) is 9.81. The molecular formula is C25H38. The Morgan fingerprint density at radius 1 is 1.16 bits per heavy atom. The molecule has 0 aliphatic heterocycles. The Morgan fingerprint density at radius 3 is 2.32 bits per heavy atom. The maximum Gasteiger partial charge on any atom is -0.0138 e. The minimum atomic E-state index is 0.141. The van der Waals surface area contributed by atoms with E-state index in [1.54, 1.807) is 0 Å². The molecular weight excluding hydrogens is 300 g/mol. The molecule has 0 heteroatoms. The van der Waals surface area contributed by atoms with Crippen LogP contribution in [-0.2, 0) is 0 Å². The van der Waals surface area contributed by atoms with Gasteiger partial charge in [-0.25, -0.2) is 0 Å². The molecule has 0 bridgehead atoms. The normalized spacial score (nSPS) is 16.8. The largest absolute Gasteiger partial charge is 0.103 e. The van der Waals surface area contributed by atoms with E-state index in [1.165, 1.54) is 23.1 Å². The highest BCUT2D eigenvalue weighted by atomic mass is 14.3. The van der Waals surface area contributed by atoms with E-state index >= 15 is 0 Å². The highest BCUT2D eigenvalue weighted by Gasteiger charge is 2.27. The van der Waals surface area contributed by atoms with Crippen LogP contribution in [0.3, 0.4) is 0 Å². The molecule has 0 aliphatic carbocycles. The lowest BCUT2D eigenvalue weighted by atomic mass is 9.71. The van der Waals surface area contributed by atoms with Crippen LogP contribution in [0.4, 0.5) is 0 Å². The van der Waals surface area contributed by atoms with Crippen LogP contribution in [0.2, 0.25) is 0 Å². The van der Waals surface area contributed by atoms with Crippen LogP contribution in [0.25, 0.3) is 0 Å². The lowest BCUT2D eigenvalue weighted by Gasteiger charge is -2.33. The first-order chi connectivity index (χ1) is 11.8. The Bertz CT molecular complexity index is 563. The molecule has 0 fully saturated rings. The van der Waals surface area contributed by atoms with Gasteiger partial charge in [0.05, 0.1) is 0 Å². The number of allylic oxidation sites excluding steroid dienone is 4. The fourth-order valence-corrected chi connectivity index (χ4v) is 3.61. The molecule has 1 rings (SSSR count). The average Bonchev–Trinajstić information content (AvgIpc) is 2.61. The molecule has 138 valence electrons. The molecule has 1 aromatic carbocycles. The topological polar surface area (TPSA) is 0 Å². The van der Waals surface area contributed by atoms with E-state index in [0.29, 0.717) is 11.8 Å². The third-order valence-corrected chi connectivity index (χ3v) is 5.61. The van der Waals surface area contributed by atoms with Gasteiger partial charge in [-0.3, -0.25) is 0 Å². The first kappa shape index (κ1) is 21.5. The molecule has 0 aromatic heterocycles. The van der Waals surface area contributed by atoms with Crippen LogP contribution in [-0.4, -0.2) is 0 Å². The lowest BCUT2D eigenvalue weighted by Crippen LogP contribution is -2.21. The minimum Gasteiger partial charge on any atom is -0.103 e. The van der Waals surface area contributed by atoms with Crippen LogP contribution in [0, 0.1) is 11.3 Å². The van der Waals surface area contributed by atoms with Crippen LogP contribution in [0.15, 0.2) is 66.8 Å². The van der Waals surface area contributed by atoms with Gasteiger partial charge in [0.2, 0.25) is 0 Å². The van der Waals surface area contributed by atoms with Crippen molar-refractivity contribution in [1.82, 2.24) is 0 Å². The third-order valence-electron chi connectivity index (χ3n) is 5.61. The predicted molar refractivity (Wildman–Crippen MR) is 114 cm³/mol. The predicted octanol–water partition coefficient (Wildman–Crippen LogP) is 8.09. The van der Waals surface area contributed by atoms with Gasteiger partial charge in [0, 0.05) is 0 Å². The smallest absolute Gasteiger partial charge is 0.0138 e. The molecule has 25 heavy (non-hydrogen) atoms. The number of hydrogen-bond donors (Lipinski definition) is 0. The van der Waals surface area contributed by atoms with Crippen molar-refractivity contribution in [1.29, 1.82) is 0 Å². The summed E-state index contributed by atoms with van der Waals surface area (Å²) in [6.07, 6.45) is 10.3. The van der Waals surface area contributed by atoms with Crippen LogP contribution in [0.5, 0.6) is 0 Å². The number of benzene rings is 1. The van der Waals surface area contributed by atoms with Crippen LogP contribution in [0.1, 0.15) is 78.2 Å². The summed E-state index contributed by atoms with van der Waals surface area (Å²) in [6, 6.07) is 10.8. The Hall–Kier alpha value is -1.56. The standard InChI is InChI=1S/C25H38/c1-8-21(5)14-13-17-24(20(3)4)19-25(7,9-2)18-22(6)23-15-11-10-12-16-23/h9-12,14-16,22,24H,2-3,8,13,17-19H2,1,4-7H3. The highest BCUT2D eigenvalue weighted by Crippen LogP contribution is 2.40. The van der Waals surface area contributed by atoms with Gasteiger partial charge in [0.25, 0.3) is 0 Å². The van der Waals surface area contributed by atoms with Gasteiger partial charge in [0.15, 0.2) is 0 Å². The van der Waals surface area contributed by atoms with Gasteiger partial charge in [0.1, 0.15) is 0 Å². The van der Waals surface area contributed by atoms with Crippen molar-refractivity contribution in [3.63, 3.8) is 0 Å². The summed E-state index contributed by atoms with van der Waals surface area (Å²) >= 11 is 0. The fraction of sp³-hybridized carbons (Fsp3) is 0.520. The second-order valence-electron chi connectivity index (χ2n) is 8.10. The molecule has 0 amide bonds. The monoisotopic (exact) mass is 338 g/mol. The first-order valence-electron chi connectivity index (χ1n) is 9.81. The van der Waals surface area contributed by atoms with Crippen LogP contribution >= 0.6 is 0 Å². The molecule has 0 spiro atoms. The van der Waals surface area contributed by atoms with E-state index < -0.39 is 0 Å². The molecule has 0 saturated carbocycles. The molecule has 0 nitrogen and oxygen atoms in total. The Kier molecular flexibility index (Phi) is 8.97. The van der Waals surface area contributed by atoms with Gasteiger partial charge in [-0.2, -0.15) is 0 Å². The van der Waals surface area contributed by atoms with Crippen molar-refractivity contribution in [2.75, 3.05) is 0 Å². The quantitative estimate of drug-likeness (QED) is 0.358. The summed E-state index contributed by atoms with van der Waals surface area (Å²) in [5, 5.41) is 0. The van der Waals surface area contributed by atoms with Crippen molar-refractivity contribution in [3.05, 3.63) is 72.4 Å². The molecule has 0 aliphatic rings. The van der Waals surface area contributed by atoms with Crippen molar-refractivity contribution < 1.29 is 0 Å². The zero-order valence-electron chi connectivity index (χ0n) is 17.1. The van der Waals surface area contributed by atoms with Gasteiger partial charge in [-0.15, -0.1) is 6.58 Å². The molecule has 0 N–H and O–H groups in total. The van der Waals surface area contributed by atoms with Crippen molar-refractivity contribution in [2.45, 2.75) is 72.6 Å². The lowest BCUT2D eigenvalue weighted by molar-refractivity contribution is 0.284. The molecule has 1 aromatic rings. The average molecular weight is 339 g/mol. The van der Waals surface area contributed by atoms with Gasteiger partial charge in [-0.05, 0) is 68.8 Å². The summed E-state index contributed by atoms with van der Waals surface area (Å²) < 4.78 is 0. The summed E-state index contributed by atoms with van der Waals surface area (Å²) in [5.74, 6) is 1.10. The van der Waals surface area contributed by atoms with Gasteiger partial charge in [-0.1, -0.05) is 81.0 Å². The summed E-state index contributed by atoms with van der Waals surface area (Å²) in [6.45, 7) is 19.8. The summed E-state index contributed by atoms with van der Waals surface area (Å²) in [7, 11) is 0. The van der Waals surface area contributed by atoms with Crippen molar-refractivity contribution >= 4 is 0 Å². The fourth-order valence-electron chi connectivity index (χ4n) is 3.61. The molecule has 0 saturated heterocycles. The molecule has 3 atom stereocenters. The van der Waals surface area contributed by atoms with Crippen molar-refractivity contribution in [2.24, 2.45) is 11.3 Å². The van der Waals surface area contributed by atoms with Crippen molar-refractivity contribution in [3.8, 4) is 0 Å². The molecule has 0 radical (unpaired) electrons. The Labute approximate surface area is 156 Å². The highest BCUT2D eigenvalue weighted by molar-refractivity contribution is 5.20. The van der Waals surface area contributed by atoms with E-state index in [1.807, 2.05) is 0 Å². The molecule has 0 heterocycles. The van der Waals surface area contributed by atoms with Crippen LogP contribution < -0.4 is 0 Å². The van der Waals surface area contributed by atoms with E-state index in [0.717, 1.165) is 25.7 Å². The second-order valence-corrected chi connectivity index (χ2v) is 8.10. The number of hydrogen-bond acceptors (Lipinski definition) is 0. The third kappa shape index (κ3) is 7.46. The molecule has 3 unspecified atom stereocenters.